The molecular formula is H10BrN2O4P. The minimum absolute atomic E-state index is 0. The molecule has 0 fully saturated rings. The Bertz CT molecular complexity index is 60.2. The van der Waals surface area contributed by atoms with Gasteiger partial charge in [-0.25, -0.2) is 4.57 Å². The van der Waals surface area contributed by atoms with Crippen LogP contribution in [0.5, 0.6) is 0 Å². The van der Waals surface area contributed by atoms with Crippen molar-refractivity contribution in [3.05, 3.63) is 0 Å². The lowest BCUT2D eigenvalue weighted by Crippen LogP contribution is -1.66. The Balaban J connectivity index is -0.0000000267. The van der Waals surface area contributed by atoms with Gasteiger partial charge >= 0.3 is 7.82 Å². The number of halogens is 1. The van der Waals surface area contributed by atoms with Gasteiger partial charge in [0.15, 0.2) is 0 Å². The molecule has 0 bridgehead atoms. The normalized spacial score (nSPS) is 7.38. The largest absolute Gasteiger partial charge is 0.466 e. The van der Waals surface area contributed by atoms with E-state index in [0.29, 0.717) is 0 Å². The first-order valence-corrected chi connectivity index (χ1v) is 2.35. The second-order valence-corrected chi connectivity index (χ2v) is 1.54. The minimum atomic E-state index is -4.64. The van der Waals surface area contributed by atoms with E-state index in [-0.39, 0.29) is 29.3 Å². The van der Waals surface area contributed by atoms with Gasteiger partial charge in [0.2, 0.25) is 0 Å². The van der Waals surface area contributed by atoms with Crippen molar-refractivity contribution < 1.29 is 19.2 Å². The van der Waals surface area contributed by atoms with E-state index in [1.54, 1.807) is 0 Å². The Morgan fingerprint density at radius 1 is 1.00 bits per heavy atom. The van der Waals surface area contributed by atoms with Crippen molar-refractivity contribution in [2.75, 3.05) is 0 Å². The summed E-state index contributed by atoms with van der Waals surface area (Å²) in [5.74, 6) is 0. The van der Waals surface area contributed by atoms with Crippen LogP contribution in [0.3, 0.4) is 0 Å². The van der Waals surface area contributed by atoms with Crippen LogP contribution < -0.4 is 12.3 Å². The summed E-state index contributed by atoms with van der Waals surface area (Å²) in [7, 11) is -4.64. The number of hydrogen-bond donors (Lipinski definition) is 5. The van der Waals surface area contributed by atoms with Gasteiger partial charge in [0.25, 0.3) is 0 Å². The van der Waals surface area contributed by atoms with Gasteiger partial charge in [0.05, 0.1) is 0 Å². The highest BCUT2D eigenvalue weighted by molar-refractivity contribution is 8.93. The van der Waals surface area contributed by atoms with Crippen molar-refractivity contribution >= 4 is 24.8 Å². The molecule has 8 heteroatoms. The Morgan fingerprint density at radius 3 is 1.00 bits per heavy atom. The van der Waals surface area contributed by atoms with Gasteiger partial charge in [0, 0.05) is 0 Å². The Labute approximate surface area is 57.1 Å². The van der Waals surface area contributed by atoms with Crippen molar-refractivity contribution in [3.63, 3.8) is 0 Å². The number of rotatable bonds is 0. The molecule has 0 spiro atoms. The second kappa shape index (κ2) is 7.51. The molecule has 0 rings (SSSR count). The van der Waals surface area contributed by atoms with E-state index in [1.807, 2.05) is 0 Å². The number of phosphoric acid groups is 1. The smallest absolute Gasteiger partial charge is 0.344 e. The molecule has 9 N–H and O–H groups in total. The molecule has 0 aromatic heterocycles. The van der Waals surface area contributed by atoms with Crippen LogP contribution in [0.1, 0.15) is 0 Å². The van der Waals surface area contributed by atoms with Crippen molar-refractivity contribution in [2.45, 2.75) is 0 Å². The summed E-state index contributed by atoms with van der Waals surface area (Å²) in [6, 6.07) is 0. The van der Waals surface area contributed by atoms with Crippen LogP contribution in [0, 0.1) is 0 Å². The van der Waals surface area contributed by atoms with Crippen LogP contribution in [0.4, 0.5) is 0 Å². The molecule has 0 saturated carbocycles. The zero-order valence-electron chi connectivity index (χ0n) is 4.02. The van der Waals surface area contributed by atoms with E-state index >= 15 is 0 Å². The first-order chi connectivity index (χ1) is 2.00. The summed E-state index contributed by atoms with van der Waals surface area (Å²) in [6.45, 7) is 0. The zero-order valence-corrected chi connectivity index (χ0v) is 6.63. The molecule has 0 aromatic rings. The topological polar surface area (TPSA) is 148 Å². The molecule has 0 radical (unpaired) electrons. The Morgan fingerprint density at radius 2 is 1.00 bits per heavy atom. The van der Waals surface area contributed by atoms with Gasteiger partial charge in [0.1, 0.15) is 0 Å². The quantitative estimate of drug-likeness (QED) is 0.357. The molecule has 0 aromatic carbocycles. The molecule has 0 amide bonds. The molecule has 0 atom stereocenters. The van der Waals surface area contributed by atoms with Gasteiger partial charge in [-0.2, -0.15) is 0 Å². The van der Waals surface area contributed by atoms with E-state index in [9.17, 15) is 0 Å². The number of hydrogen-bond acceptors (Lipinski definition) is 3. The van der Waals surface area contributed by atoms with Gasteiger partial charge in [-0.3, -0.25) is 0 Å². The highest BCUT2D eigenvalue weighted by Gasteiger charge is 2.00. The van der Waals surface area contributed by atoms with E-state index < -0.39 is 7.82 Å². The molecule has 0 aliphatic rings. The molecule has 0 unspecified atom stereocenters. The fourth-order valence-electron chi connectivity index (χ4n) is 0. The van der Waals surface area contributed by atoms with Crippen molar-refractivity contribution in [1.82, 2.24) is 12.3 Å². The molecule has 8 heavy (non-hydrogen) atoms. The van der Waals surface area contributed by atoms with Gasteiger partial charge < -0.3 is 27.0 Å². The fraction of sp³-hybridized carbons (Fsp3) is 0. The van der Waals surface area contributed by atoms with Gasteiger partial charge in [-0.05, 0) is 0 Å². The summed E-state index contributed by atoms with van der Waals surface area (Å²) in [4.78, 5) is 21.6. The van der Waals surface area contributed by atoms with Crippen LogP contribution in [0.2, 0.25) is 0 Å². The maximum atomic E-state index is 8.88. The van der Waals surface area contributed by atoms with Crippen molar-refractivity contribution in [1.29, 1.82) is 0 Å². The van der Waals surface area contributed by atoms with Crippen LogP contribution >= 0.6 is 24.8 Å². The average molecular weight is 213 g/mol. The average Bonchev–Trinajstić information content (AvgIpc) is 0.722. The van der Waals surface area contributed by atoms with Gasteiger partial charge in [-0.15, -0.1) is 17.0 Å². The van der Waals surface area contributed by atoms with E-state index in [1.165, 1.54) is 0 Å². The van der Waals surface area contributed by atoms with Crippen molar-refractivity contribution in [3.8, 4) is 0 Å². The van der Waals surface area contributed by atoms with Crippen LogP contribution in [-0.2, 0) is 4.57 Å². The lowest BCUT2D eigenvalue weighted by Gasteiger charge is -1.82. The van der Waals surface area contributed by atoms with E-state index in [4.69, 9.17) is 19.2 Å². The lowest BCUT2D eigenvalue weighted by atomic mass is 14.0. The van der Waals surface area contributed by atoms with Crippen LogP contribution in [-0.4, -0.2) is 14.7 Å². The summed E-state index contributed by atoms with van der Waals surface area (Å²) in [5, 5.41) is 0. The SMILES string of the molecule is Br.N.N.O=P(O)(O)O. The Kier molecular flexibility index (Phi) is 22.2. The predicted octanol–water partition coefficient (Wildman–Crippen LogP) is -0.0267. The molecule has 0 heterocycles. The highest BCUT2D eigenvalue weighted by atomic mass is 79.9. The van der Waals surface area contributed by atoms with E-state index in [2.05, 4.69) is 0 Å². The molecule has 0 aliphatic heterocycles. The summed E-state index contributed by atoms with van der Waals surface area (Å²) < 4.78 is 8.88. The standard InChI is InChI=1S/BrH.2H3N.H3O4P/c;;;1-5(2,3)4/h1H;2*1H3;(H3,1,2,3,4). The Hall–Kier alpha value is 0.510. The van der Waals surface area contributed by atoms with Gasteiger partial charge in [-0.1, -0.05) is 0 Å². The lowest BCUT2D eigenvalue weighted by molar-refractivity contribution is 0.275. The maximum absolute atomic E-state index is 8.88. The predicted molar refractivity (Wildman–Crippen MR) is 34.6 cm³/mol. The fourth-order valence-corrected chi connectivity index (χ4v) is 0. The van der Waals surface area contributed by atoms with Crippen LogP contribution in [0.25, 0.3) is 0 Å². The van der Waals surface area contributed by atoms with Crippen LogP contribution in [0.15, 0.2) is 0 Å². The third kappa shape index (κ3) is 760. The third-order valence-corrected chi connectivity index (χ3v) is 0. The molecule has 0 aliphatic carbocycles. The summed E-state index contributed by atoms with van der Waals surface area (Å²) >= 11 is 0. The monoisotopic (exact) mass is 212 g/mol. The maximum Gasteiger partial charge on any atom is 0.466 e. The zero-order chi connectivity index (χ0) is 4.50. The molecule has 6 nitrogen and oxygen atoms in total. The molecule has 0 saturated heterocycles. The second-order valence-electron chi connectivity index (χ2n) is 0.513. The third-order valence-electron chi connectivity index (χ3n) is 0. The summed E-state index contributed by atoms with van der Waals surface area (Å²) in [6.07, 6.45) is 0. The first-order valence-electron chi connectivity index (χ1n) is 0.783. The highest BCUT2D eigenvalue weighted by Crippen LogP contribution is 2.25. The minimum Gasteiger partial charge on any atom is -0.344 e. The van der Waals surface area contributed by atoms with Crippen molar-refractivity contribution in [2.24, 2.45) is 0 Å². The molecule has 56 valence electrons. The first kappa shape index (κ1) is 23.6. The summed E-state index contributed by atoms with van der Waals surface area (Å²) in [5.41, 5.74) is 0. The van der Waals surface area contributed by atoms with E-state index in [0.717, 1.165) is 0 Å². The molecular weight excluding hydrogens is 203 g/mol.